The van der Waals surface area contributed by atoms with Crippen LogP contribution in [0.3, 0.4) is 0 Å². The number of H-pyrrole nitrogens is 1. The van der Waals surface area contributed by atoms with Gasteiger partial charge in [0.05, 0.1) is 11.4 Å². The molecule has 15 heavy (non-hydrogen) atoms. The molecule has 0 saturated heterocycles. The average molecular weight is 196 g/mol. The maximum absolute atomic E-state index is 4.26. The fraction of sp³-hybridized carbons (Fsp3) is 0. The van der Waals surface area contributed by atoms with E-state index >= 15 is 0 Å². The molecule has 3 aromatic heterocycles. The van der Waals surface area contributed by atoms with E-state index in [4.69, 9.17) is 0 Å². The van der Waals surface area contributed by atoms with Gasteiger partial charge in [0, 0.05) is 18.6 Å². The van der Waals surface area contributed by atoms with Crippen LogP contribution in [0.5, 0.6) is 0 Å². The van der Waals surface area contributed by atoms with Crippen molar-refractivity contribution in [3.8, 4) is 11.4 Å². The fourth-order valence-electron chi connectivity index (χ4n) is 1.51. The van der Waals surface area contributed by atoms with E-state index in [1.165, 1.54) is 0 Å². The highest BCUT2D eigenvalue weighted by Gasteiger charge is 2.04. The van der Waals surface area contributed by atoms with Gasteiger partial charge in [0.25, 0.3) is 0 Å². The van der Waals surface area contributed by atoms with Crippen LogP contribution in [0.15, 0.2) is 42.9 Å². The summed E-state index contributed by atoms with van der Waals surface area (Å²) in [5.74, 6) is 0. The molecule has 0 atom stereocenters. The highest BCUT2D eigenvalue weighted by atomic mass is 14.9. The second-order valence-corrected chi connectivity index (χ2v) is 3.19. The Labute approximate surface area is 86.0 Å². The van der Waals surface area contributed by atoms with Crippen LogP contribution < -0.4 is 0 Å². The minimum atomic E-state index is 0.790. The SMILES string of the molecule is c1ccc(-c2cc3nccnc3[nH]2)nc1. The third-order valence-electron chi connectivity index (χ3n) is 2.20. The van der Waals surface area contributed by atoms with E-state index in [0.29, 0.717) is 0 Å². The normalized spacial score (nSPS) is 10.7. The van der Waals surface area contributed by atoms with Crippen molar-refractivity contribution in [2.24, 2.45) is 0 Å². The summed E-state index contributed by atoms with van der Waals surface area (Å²) in [6.07, 6.45) is 5.11. The monoisotopic (exact) mass is 196 g/mol. The van der Waals surface area contributed by atoms with Gasteiger partial charge in [-0.1, -0.05) is 6.07 Å². The first kappa shape index (κ1) is 8.11. The molecule has 3 rings (SSSR count). The minimum Gasteiger partial charge on any atom is -0.337 e. The molecular weight excluding hydrogens is 188 g/mol. The molecule has 0 aliphatic carbocycles. The molecule has 0 aromatic carbocycles. The zero-order valence-corrected chi connectivity index (χ0v) is 7.88. The molecule has 3 heterocycles. The van der Waals surface area contributed by atoms with Crippen LogP contribution in [0.1, 0.15) is 0 Å². The van der Waals surface area contributed by atoms with Gasteiger partial charge in [-0.15, -0.1) is 0 Å². The Morgan fingerprint density at radius 3 is 2.67 bits per heavy atom. The van der Waals surface area contributed by atoms with Crippen LogP contribution in [0.2, 0.25) is 0 Å². The molecule has 0 radical (unpaired) electrons. The van der Waals surface area contributed by atoms with Crippen LogP contribution in [-0.4, -0.2) is 19.9 Å². The summed E-state index contributed by atoms with van der Waals surface area (Å²) in [7, 11) is 0. The first-order valence-corrected chi connectivity index (χ1v) is 4.64. The van der Waals surface area contributed by atoms with E-state index in [-0.39, 0.29) is 0 Å². The van der Waals surface area contributed by atoms with Gasteiger partial charge in [0.2, 0.25) is 0 Å². The number of fused-ring (bicyclic) bond motifs is 1. The number of nitrogens with one attached hydrogen (secondary N) is 1. The lowest BCUT2D eigenvalue weighted by molar-refractivity contribution is 1.25. The standard InChI is InChI=1S/C11H8N4/c1-2-4-12-8(3-1)9-7-10-11(15-9)14-6-5-13-10/h1-7H,(H,14,15). The zero-order valence-electron chi connectivity index (χ0n) is 7.88. The molecule has 0 aliphatic rings. The van der Waals surface area contributed by atoms with Crippen molar-refractivity contribution in [2.75, 3.05) is 0 Å². The van der Waals surface area contributed by atoms with E-state index in [0.717, 1.165) is 22.6 Å². The number of nitrogens with zero attached hydrogens (tertiary/aromatic N) is 3. The molecule has 0 fully saturated rings. The molecule has 0 bridgehead atoms. The number of pyridine rings is 1. The summed E-state index contributed by atoms with van der Waals surface area (Å²) in [5.41, 5.74) is 3.49. The Bertz CT molecular complexity index is 553. The number of hydrogen-bond acceptors (Lipinski definition) is 3. The van der Waals surface area contributed by atoms with E-state index < -0.39 is 0 Å². The molecule has 0 unspecified atom stereocenters. The predicted octanol–water partition coefficient (Wildman–Crippen LogP) is 2.02. The average Bonchev–Trinajstić information content (AvgIpc) is 2.74. The lowest BCUT2D eigenvalue weighted by Crippen LogP contribution is -1.81. The van der Waals surface area contributed by atoms with Crippen molar-refractivity contribution < 1.29 is 0 Å². The van der Waals surface area contributed by atoms with Gasteiger partial charge in [0.15, 0.2) is 5.65 Å². The topological polar surface area (TPSA) is 54.5 Å². The summed E-state index contributed by atoms with van der Waals surface area (Å²) < 4.78 is 0. The molecule has 0 saturated carbocycles. The smallest absolute Gasteiger partial charge is 0.156 e. The highest BCUT2D eigenvalue weighted by molar-refractivity contribution is 5.78. The summed E-state index contributed by atoms with van der Waals surface area (Å²) in [5, 5.41) is 0. The molecular formula is C11H8N4. The molecule has 0 amide bonds. The van der Waals surface area contributed by atoms with Crippen molar-refractivity contribution in [1.29, 1.82) is 0 Å². The van der Waals surface area contributed by atoms with Crippen LogP contribution in [0.4, 0.5) is 0 Å². The quantitative estimate of drug-likeness (QED) is 0.647. The largest absolute Gasteiger partial charge is 0.337 e. The van der Waals surface area contributed by atoms with Gasteiger partial charge in [-0.05, 0) is 18.2 Å². The van der Waals surface area contributed by atoms with Gasteiger partial charge >= 0.3 is 0 Å². The third-order valence-corrected chi connectivity index (χ3v) is 2.20. The van der Waals surface area contributed by atoms with Crippen LogP contribution in [0, 0.1) is 0 Å². The first-order chi connectivity index (χ1) is 7.43. The second-order valence-electron chi connectivity index (χ2n) is 3.19. The summed E-state index contributed by atoms with van der Waals surface area (Å²) in [6.45, 7) is 0. The van der Waals surface area contributed by atoms with Gasteiger partial charge in [-0.2, -0.15) is 0 Å². The lowest BCUT2D eigenvalue weighted by Gasteiger charge is -1.93. The molecule has 0 aliphatic heterocycles. The second kappa shape index (κ2) is 3.16. The van der Waals surface area contributed by atoms with Gasteiger partial charge in [0.1, 0.15) is 5.52 Å². The minimum absolute atomic E-state index is 0.790. The number of aromatic amines is 1. The number of rotatable bonds is 1. The molecule has 0 spiro atoms. The van der Waals surface area contributed by atoms with E-state index in [1.807, 2.05) is 24.3 Å². The number of hydrogen-bond donors (Lipinski definition) is 1. The van der Waals surface area contributed by atoms with Gasteiger partial charge < -0.3 is 4.98 Å². The summed E-state index contributed by atoms with van der Waals surface area (Å²) in [6, 6.07) is 7.74. The van der Waals surface area contributed by atoms with Crippen molar-refractivity contribution in [1.82, 2.24) is 19.9 Å². The predicted molar refractivity (Wildman–Crippen MR) is 57.1 cm³/mol. The third kappa shape index (κ3) is 1.36. The fourth-order valence-corrected chi connectivity index (χ4v) is 1.51. The Kier molecular flexibility index (Phi) is 1.71. The van der Waals surface area contributed by atoms with Crippen molar-refractivity contribution in [3.05, 3.63) is 42.9 Å². The van der Waals surface area contributed by atoms with E-state index in [1.54, 1.807) is 18.6 Å². The van der Waals surface area contributed by atoms with Gasteiger partial charge in [-0.25, -0.2) is 4.98 Å². The van der Waals surface area contributed by atoms with Crippen molar-refractivity contribution in [2.45, 2.75) is 0 Å². The molecule has 4 nitrogen and oxygen atoms in total. The maximum atomic E-state index is 4.26. The zero-order chi connectivity index (χ0) is 10.1. The summed E-state index contributed by atoms with van der Waals surface area (Å²) >= 11 is 0. The Balaban J connectivity index is 2.21. The first-order valence-electron chi connectivity index (χ1n) is 4.64. The molecule has 3 aromatic rings. The Morgan fingerprint density at radius 2 is 1.87 bits per heavy atom. The Hall–Kier alpha value is -2.23. The van der Waals surface area contributed by atoms with E-state index in [9.17, 15) is 0 Å². The Morgan fingerprint density at radius 1 is 0.933 bits per heavy atom. The van der Waals surface area contributed by atoms with Crippen LogP contribution in [-0.2, 0) is 0 Å². The number of aromatic nitrogens is 4. The maximum Gasteiger partial charge on any atom is 0.156 e. The lowest BCUT2D eigenvalue weighted by atomic mass is 10.3. The van der Waals surface area contributed by atoms with Crippen molar-refractivity contribution >= 4 is 11.2 Å². The molecule has 72 valence electrons. The highest BCUT2D eigenvalue weighted by Crippen LogP contribution is 2.18. The van der Waals surface area contributed by atoms with Crippen molar-refractivity contribution in [3.63, 3.8) is 0 Å². The summed E-state index contributed by atoms with van der Waals surface area (Å²) in [4.78, 5) is 15.8. The van der Waals surface area contributed by atoms with Crippen LogP contribution in [0.25, 0.3) is 22.6 Å². The van der Waals surface area contributed by atoms with Crippen LogP contribution >= 0.6 is 0 Å². The molecule has 1 N–H and O–H groups in total. The van der Waals surface area contributed by atoms with E-state index in [2.05, 4.69) is 19.9 Å². The van der Waals surface area contributed by atoms with Gasteiger partial charge in [-0.3, -0.25) is 9.97 Å². The molecule has 4 heteroatoms.